The van der Waals surface area contributed by atoms with Gasteiger partial charge in [-0.2, -0.15) is 0 Å². The standard InChI is InChI=1S/C19H20ClNO4/c1-3-14-6-4-5-7-17(14)24-12-19(23)25-11-18(22)21-16-10-15(20)9-8-13(16)2/h4-10H,3,11-12H2,1-2H3,(H,21,22). The molecule has 0 spiro atoms. The van der Waals surface area contributed by atoms with Gasteiger partial charge in [-0.3, -0.25) is 4.79 Å². The van der Waals surface area contributed by atoms with Gasteiger partial charge >= 0.3 is 5.97 Å². The summed E-state index contributed by atoms with van der Waals surface area (Å²) >= 11 is 5.90. The minimum atomic E-state index is -0.608. The molecule has 0 bridgehead atoms. The van der Waals surface area contributed by atoms with Crippen LogP contribution in [0.2, 0.25) is 5.02 Å². The van der Waals surface area contributed by atoms with E-state index in [1.165, 1.54) is 0 Å². The number of ether oxygens (including phenoxy) is 2. The van der Waals surface area contributed by atoms with Crippen LogP contribution in [0.4, 0.5) is 5.69 Å². The fraction of sp³-hybridized carbons (Fsp3) is 0.263. The average molecular weight is 362 g/mol. The Morgan fingerprint density at radius 3 is 2.64 bits per heavy atom. The highest BCUT2D eigenvalue weighted by molar-refractivity contribution is 6.31. The number of hydrogen-bond acceptors (Lipinski definition) is 4. The maximum Gasteiger partial charge on any atom is 0.344 e. The third-order valence-electron chi connectivity index (χ3n) is 3.54. The highest BCUT2D eigenvalue weighted by atomic mass is 35.5. The zero-order chi connectivity index (χ0) is 18.2. The van der Waals surface area contributed by atoms with E-state index in [1.807, 2.05) is 32.0 Å². The lowest BCUT2D eigenvalue weighted by Gasteiger charge is -2.11. The Bertz CT molecular complexity index is 761. The zero-order valence-corrected chi connectivity index (χ0v) is 14.9. The van der Waals surface area contributed by atoms with E-state index in [0.717, 1.165) is 17.5 Å². The predicted molar refractivity (Wildman–Crippen MR) is 97.1 cm³/mol. The van der Waals surface area contributed by atoms with E-state index in [9.17, 15) is 9.59 Å². The summed E-state index contributed by atoms with van der Waals surface area (Å²) in [7, 11) is 0. The lowest BCUT2D eigenvalue weighted by molar-refractivity contribution is -0.149. The second-order valence-electron chi connectivity index (χ2n) is 5.42. The summed E-state index contributed by atoms with van der Waals surface area (Å²) in [4.78, 5) is 23.6. The molecule has 0 saturated carbocycles. The lowest BCUT2D eigenvalue weighted by atomic mass is 10.1. The van der Waals surface area contributed by atoms with Gasteiger partial charge in [-0.1, -0.05) is 42.8 Å². The second-order valence-corrected chi connectivity index (χ2v) is 5.85. The second kappa shape index (κ2) is 9.08. The number of rotatable bonds is 7. The molecule has 0 unspecified atom stereocenters. The molecule has 132 valence electrons. The number of para-hydroxylation sites is 1. The molecule has 0 radical (unpaired) electrons. The van der Waals surface area contributed by atoms with E-state index in [1.54, 1.807) is 24.3 Å². The van der Waals surface area contributed by atoms with Crippen molar-refractivity contribution in [1.82, 2.24) is 0 Å². The van der Waals surface area contributed by atoms with Crippen molar-refractivity contribution < 1.29 is 19.1 Å². The Hall–Kier alpha value is -2.53. The number of carbonyl (C=O) groups is 2. The molecule has 0 aliphatic heterocycles. The Kier molecular flexibility index (Phi) is 6.83. The molecule has 6 heteroatoms. The Morgan fingerprint density at radius 1 is 1.12 bits per heavy atom. The number of benzene rings is 2. The quantitative estimate of drug-likeness (QED) is 0.762. The van der Waals surface area contributed by atoms with Crippen LogP contribution in [0.3, 0.4) is 0 Å². The van der Waals surface area contributed by atoms with Gasteiger partial charge in [0.2, 0.25) is 0 Å². The fourth-order valence-electron chi connectivity index (χ4n) is 2.18. The van der Waals surface area contributed by atoms with Crippen molar-refractivity contribution in [3.05, 3.63) is 58.6 Å². The molecule has 25 heavy (non-hydrogen) atoms. The molecule has 1 amide bonds. The van der Waals surface area contributed by atoms with Gasteiger partial charge in [-0.25, -0.2) is 4.79 Å². The van der Waals surface area contributed by atoms with E-state index in [-0.39, 0.29) is 13.2 Å². The SMILES string of the molecule is CCc1ccccc1OCC(=O)OCC(=O)Nc1cc(Cl)ccc1C. The summed E-state index contributed by atoms with van der Waals surface area (Å²) in [5.41, 5.74) is 2.45. The maximum absolute atomic E-state index is 11.9. The topological polar surface area (TPSA) is 64.6 Å². The van der Waals surface area contributed by atoms with Crippen LogP contribution in [-0.2, 0) is 20.7 Å². The molecule has 0 heterocycles. The number of esters is 1. The van der Waals surface area contributed by atoms with Crippen LogP contribution < -0.4 is 10.1 Å². The van der Waals surface area contributed by atoms with Gasteiger partial charge < -0.3 is 14.8 Å². The van der Waals surface area contributed by atoms with Crippen molar-refractivity contribution in [3.8, 4) is 5.75 Å². The van der Waals surface area contributed by atoms with Gasteiger partial charge in [0.15, 0.2) is 13.2 Å². The van der Waals surface area contributed by atoms with Crippen LogP contribution in [0.5, 0.6) is 5.75 Å². The third kappa shape index (κ3) is 5.80. The van der Waals surface area contributed by atoms with Crippen molar-refractivity contribution in [2.75, 3.05) is 18.5 Å². The van der Waals surface area contributed by atoms with Crippen LogP contribution in [-0.4, -0.2) is 25.1 Å². The Morgan fingerprint density at radius 2 is 1.88 bits per heavy atom. The third-order valence-corrected chi connectivity index (χ3v) is 3.77. The largest absolute Gasteiger partial charge is 0.482 e. The number of carbonyl (C=O) groups excluding carboxylic acids is 2. The van der Waals surface area contributed by atoms with Crippen LogP contribution in [0.1, 0.15) is 18.1 Å². The van der Waals surface area contributed by atoms with Crippen molar-refractivity contribution in [2.24, 2.45) is 0 Å². The first-order chi connectivity index (χ1) is 12.0. The molecule has 2 aromatic carbocycles. The van der Waals surface area contributed by atoms with Gasteiger partial charge in [0.1, 0.15) is 5.75 Å². The molecule has 0 aliphatic carbocycles. The molecule has 0 aliphatic rings. The van der Waals surface area contributed by atoms with Gasteiger partial charge in [0.05, 0.1) is 0 Å². The van der Waals surface area contributed by atoms with Gasteiger partial charge in [0, 0.05) is 10.7 Å². The normalized spacial score (nSPS) is 10.2. The van der Waals surface area contributed by atoms with Crippen LogP contribution in [0.15, 0.2) is 42.5 Å². The van der Waals surface area contributed by atoms with Crippen LogP contribution >= 0.6 is 11.6 Å². The summed E-state index contributed by atoms with van der Waals surface area (Å²) in [6.45, 7) is 3.21. The van der Waals surface area contributed by atoms with E-state index in [2.05, 4.69) is 5.32 Å². The summed E-state index contributed by atoms with van der Waals surface area (Å²) in [6.07, 6.45) is 0.798. The van der Waals surface area contributed by atoms with Crippen molar-refractivity contribution in [2.45, 2.75) is 20.3 Å². The number of aryl methyl sites for hydroxylation is 2. The van der Waals surface area contributed by atoms with Crippen molar-refractivity contribution >= 4 is 29.2 Å². The van der Waals surface area contributed by atoms with Crippen LogP contribution in [0.25, 0.3) is 0 Å². The van der Waals surface area contributed by atoms with Gasteiger partial charge in [0.25, 0.3) is 5.91 Å². The highest BCUT2D eigenvalue weighted by Crippen LogP contribution is 2.20. The molecule has 0 saturated heterocycles. The fourth-order valence-corrected chi connectivity index (χ4v) is 2.35. The number of hydrogen-bond donors (Lipinski definition) is 1. The highest BCUT2D eigenvalue weighted by Gasteiger charge is 2.11. The minimum Gasteiger partial charge on any atom is -0.482 e. The number of nitrogens with one attached hydrogen (secondary N) is 1. The Labute approximate surface area is 151 Å². The lowest BCUT2D eigenvalue weighted by Crippen LogP contribution is -2.24. The zero-order valence-electron chi connectivity index (χ0n) is 14.2. The van der Waals surface area contributed by atoms with Gasteiger partial charge in [-0.05, 0) is 42.7 Å². The monoisotopic (exact) mass is 361 g/mol. The number of anilines is 1. The molecular formula is C19H20ClNO4. The predicted octanol–water partition coefficient (Wildman–Crippen LogP) is 3.77. The summed E-state index contributed by atoms with van der Waals surface area (Å²) < 4.78 is 10.4. The first-order valence-electron chi connectivity index (χ1n) is 7.92. The first-order valence-corrected chi connectivity index (χ1v) is 8.29. The number of amides is 1. The van der Waals surface area contributed by atoms with Crippen molar-refractivity contribution in [3.63, 3.8) is 0 Å². The summed E-state index contributed by atoms with van der Waals surface area (Å²) in [5.74, 6) is -0.405. The van der Waals surface area contributed by atoms with E-state index in [0.29, 0.717) is 16.5 Å². The van der Waals surface area contributed by atoms with E-state index in [4.69, 9.17) is 21.1 Å². The smallest absolute Gasteiger partial charge is 0.344 e. The molecule has 2 rings (SSSR count). The minimum absolute atomic E-state index is 0.250. The molecule has 0 fully saturated rings. The molecule has 0 aromatic heterocycles. The van der Waals surface area contributed by atoms with Crippen molar-refractivity contribution in [1.29, 1.82) is 0 Å². The summed E-state index contributed by atoms with van der Waals surface area (Å²) in [5, 5.41) is 3.17. The molecule has 2 aromatic rings. The van der Waals surface area contributed by atoms with E-state index < -0.39 is 11.9 Å². The van der Waals surface area contributed by atoms with Gasteiger partial charge in [-0.15, -0.1) is 0 Å². The maximum atomic E-state index is 11.9. The average Bonchev–Trinajstić information content (AvgIpc) is 2.61. The molecule has 0 atom stereocenters. The van der Waals surface area contributed by atoms with Crippen LogP contribution in [0, 0.1) is 6.92 Å². The molecule has 5 nitrogen and oxygen atoms in total. The molecule has 1 N–H and O–H groups in total. The van der Waals surface area contributed by atoms with E-state index >= 15 is 0 Å². The molecular weight excluding hydrogens is 342 g/mol. The summed E-state index contributed by atoms with van der Waals surface area (Å²) in [6, 6.07) is 12.6. The number of halogens is 1. The Balaban J connectivity index is 1.79. The first kappa shape index (κ1) is 18.8.